The third-order valence-electron chi connectivity index (χ3n) is 1.73. The average molecular weight is 205 g/mol. The number of benzene rings is 1. The second kappa shape index (κ2) is 3.79. The average Bonchev–Trinajstić information content (AvgIpc) is 2.15. The molecule has 0 radical (unpaired) electrons. The maximum absolute atomic E-state index is 13.0. The van der Waals surface area contributed by atoms with Crippen LogP contribution in [0, 0.1) is 23.3 Å². The Morgan fingerprint density at radius 3 is 1.93 bits per heavy atom. The van der Waals surface area contributed by atoms with Crippen LogP contribution in [0.1, 0.15) is 11.6 Å². The molecule has 5 heteroatoms. The van der Waals surface area contributed by atoms with Crippen molar-refractivity contribution in [1.82, 2.24) is 0 Å². The van der Waals surface area contributed by atoms with Gasteiger partial charge in [0.1, 0.15) is 0 Å². The number of hydrogen-bond donors (Lipinski definition) is 1. The monoisotopic (exact) mass is 205 g/mol. The molecule has 0 saturated heterocycles. The van der Waals surface area contributed by atoms with Gasteiger partial charge in [-0.05, 0) is 0 Å². The molecule has 0 bridgehead atoms. The molecule has 0 aromatic heterocycles. The highest BCUT2D eigenvalue weighted by atomic mass is 19.2. The fourth-order valence-electron chi connectivity index (χ4n) is 1.00. The van der Waals surface area contributed by atoms with Gasteiger partial charge in [0.2, 0.25) is 0 Å². The Morgan fingerprint density at radius 2 is 1.57 bits per heavy atom. The van der Waals surface area contributed by atoms with E-state index in [2.05, 4.69) is 6.58 Å². The smallest absolute Gasteiger partial charge is 0.167 e. The molecule has 0 saturated carbocycles. The first-order chi connectivity index (χ1) is 6.49. The predicted molar refractivity (Wildman–Crippen MR) is 43.4 cm³/mol. The summed E-state index contributed by atoms with van der Waals surface area (Å²) >= 11 is 0. The van der Waals surface area contributed by atoms with Gasteiger partial charge in [0.05, 0.1) is 11.6 Å². The van der Waals surface area contributed by atoms with Gasteiger partial charge >= 0.3 is 0 Å². The van der Waals surface area contributed by atoms with Crippen molar-refractivity contribution in [3.05, 3.63) is 47.6 Å². The minimum Gasteiger partial charge on any atom is -0.321 e. The van der Waals surface area contributed by atoms with Gasteiger partial charge in [-0.25, -0.2) is 17.6 Å². The van der Waals surface area contributed by atoms with Gasteiger partial charge in [-0.2, -0.15) is 0 Å². The third-order valence-corrected chi connectivity index (χ3v) is 1.73. The van der Waals surface area contributed by atoms with Gasteiger partial charge in [0, 0.05) is 6.07 Å². The van der Waals surface area contributed by atoms with E-state index in [9.17, 15) is 17.6 Å². The Bertz CT molecular complexity index is 349. The van der Waals surface area contributed by atoms with Gasteiger partial charge in [0.25, 0.3) is 0 Å². The quantitative estimate of drug-likeness (QED) is 0.448. The lowest BCUT2D eigenvalue weighted by atomic mass is 10.1. The minimum atomic E-state index is -1.49. The summed E-state index contributed by atoms with van der Waals surface area (Å²) in [6, 6.07) is -1.15. The maximum Gasteiger partial charge on any atom is 0.167 e. The van der Waals surface area contributed by atoms with Crippen LogP contribution in [0.15, 0.2) is 18.7 Å². The fraction of sp³-hybridized carbons (Fsp3) is 0.111. The summed E-state index contributed by atoms with van der Waals surface area (Å²) in [6.45, 7) is 3.18. The van der Waals surface area contributed by atoms with Crippen LogP contribution in [-0.4, -0.2) is 0 Å². The van der Waals surface area contributed by atoms with Crippen molar-refractivity contribution in [1.29, 1.82) is 0 Å². The summed E-state index contributed by atoms with van der Waals surface area (Å²) < 4.78 is 51.2. The van der Waals surface area contributed by atoms with Crippen molar-refractivity contribution < 1.29 is 17.6 Å². The molecule has 14 heavy (non-hydrogen) atoms. The molecule has 1 unspecified atom stereocenters. The van der Waals surface area contributed by atoms with Gasteiger partial charge in [-0.15, -0.1) is 6.58 Å². The molecular formula is C9H7F4N. The zero-order chi connectivity index (χ0) is 10.9. The van der Waals surface area contributed by atoms with Crippen LogP contribution in [0.25, 0.3) is 0 Å². The third kappa shape index (κ3) is 1.63. The van der Waals surface area contributed by atoms with E-state index in [1.54, 1.807) is 0 Å². The van der Waals surface area contributed by atoms with Crippen LogP contribution in [0.3, 0.4) is 0 Å². The van der Waals surface area contributed by atoms with Gasteiger partial charge in [-0.1, -0.05) is 6.08 Å². The molecule has 1 aromatic carbocycles. The van der Waals surface area contributed by atoms with Gasteiger partial charge in [-0.3, -0.25) is 0 Å². The Morgan fingerprint density at radius 1 is 1.14 bits per heavy atom. The van der Waals surface area contributed by atoms with E-state index in [0.717, 1.165) is 6.08 Å². The molecule has 0 spiro atoms. The van der Waals surface area contributed by atoms with E-state index in [1.165, 1.54) is 0 Å². The molecule has 0 aliphatic carbocycles. The molecule has 1 atom stereocenters. The molecule has 1 rings (SSSR count). The standard InChI is InChI=1S/C9H7F4N/c1-2-6(14)7-8(12)4(10)3-5(11)9(7)13/h2-3,6H,1,14H2. The number of halogens is 4. The summed E-state index contributed by atoms with van der Waals surface area (Å²) in [5.41, 5.74) is 4.35. The van der Waals surface area contributed by atoms with Crippen LogP contribution in [0.4, 0.5) is 17.6 Å². The summed E-state index contributed by atoms with van der Waals surface area (Å²) in [7, 11) is 0. The Hall–Kier alpha value is -1.36. The summed E-state index contributed by atoms with van der Waals surface area (Å²) in [6.07, 6.45) is 0.986. The van der Waals surface area contributed by atoms with Crippen LogP contribution in [-0.2, 0) is 0 Å². The highest BCUT2D eigenvalue weighted by Crippen LogP contribution is 2.24. The van der Waals surface area contributed by atoms with Crippen LogP contribution >= 0.6 is 0 Å². The van der Waals surface area contributed by atoms with Crippen molar-refractivity contribution >= 4 is 0 Å². The second-order valence-corrected chi connectivity index (χ2v) is 2.64. The normalized spacial score (nSPS) is 12.6. The SMILES string of the molecule is C=CC(N)c1c(F)c(F)cc(F)c1F. The van der Waals surface area contributed by atoms with Gasteiger partial charge < -0.3 is 5.73 Å². The largest absolute Gasteiger partial charge is 0.321 e. The predicted octanol–water partition coefficient (Wildman–Crippen LogP) is 2.43. The van der Waals surface area contributed by atoms with Crippen LogP contribution in [0.5, 0.6) is 0 Å². The molecule has 0 aliphatic heterocycles. The van der Waals surface area contributed by atoms with Crippen molar-refractivity contribution in [2.75, 3.05) is 0 Å². The molecule has 1 aromatic rings. The number of rotatable bonds is 2. The first-order valence-electron chi connectivity index (χ1n) is 3.70. The van der Waals surface area contributed by atoms with E-state index in [-0.39, 0.29) is 6.07 Å². The molecule has 0 amide bonds. The lowest BCUT2D eigenvalue weighted by Gasteiger charge is -2.10. The Labute approximate surface area is 77.8 Å². The molecule has 76 valence electrons. The second-order valence-electron chi connectivity index (χ2n) is 2.64. The van der Waals surface area contributed by atoms with Crippen LogP contribution in [0.2, 0.25) is 0 Å². The van der Waals surface area contributed by atoms with E-state index >= 15 is 0 Å². The summed E-state index contributed by atoms with van der Waals surface area (Å²) in [5, 5.41) is 0. The van der Waals surface area contributed by atoms with Crippen molar-refractivity contribution in [3.63, 3.8) is 0 Å². The first kappa shape index (κ1) is 10.7. The lowest BCUT2D eigenvalue weighted by molar-refractivity contribution is 0.434. The first-order valence-corrected chi connectivity index (χ1v) is 3.70. The zero-order valence-electron chi connectivity index (χ0n) is 7.03. The molecule has 1 nitrogen and oxygen atoms in total. The highest BCUT2D eigenvalue weighted by molar-refractivity contribution is 5.27. The van der Waals surface area contributed by atoms with Crippen molar-refractivity contribution in [2.24, 2.45) is 5.73 Å². The van der Waals surface area contributed by atoms with E-state index < -0.39 is 34.9 Å². The van der Waals surface area contributed by atoms with Gasteiger partial charge in [0.15, 0.2) is 23.3 Å². The Balaban J connectivity index is 3.46. The molecule has 0 fully saturated rings. The van der Waals surface area contributed by atoms with E-state index in [4.69, 9.17) is 5.73 Å². The maximum atomic E-state index is 13.0. The lowest BCUT2D eigenvalue weighted by Crippen LogP contribution is -2.14. The highest BCUT2D eigenvalue weighted by Gasteiger charge is 2.21. The fourth-order valence-corrected chi connectivity index (χ4v) is 1.00. The molecular weight excluding hydrogens is 198 g/mol. The summed E-state index contributed by atoms with van der Waals surface area (Å²) in [4.78, 5) is 0. The van der Waals surface area contributed by atoms with Crippen molar-refractivity contribution in [2.45, 2.75) is 6.04 Å². The van der Waals surface area contributed by atoms with Crippen molar-refractivity contribution in [3.8, 4) is 0 Å². The number of hydrogen-bond acceptors (Lipinski definition) is 1. The van der Waals surface area contributed by atoms with E-state index in [0.29, 0.717) is 0 Å². The van der Waals surface area contributed by atoms with E-state index in [1.807, 2.05) is 0 Å². The molecule has 2 N–H and O–H groups in total. The van der Waals surface area contributed by atoms with Crippen LogP contribution < -0.4 is 5.73 Å². The molecule has 0 heterocycles. The summed E-state index contributed by atoms with van der Waals surface area (Å²) in [5.74, 6) is -5.93. The zero-order valence-corrected chi connectivity index (χ0v) is 7.03. The number of nitrogens with two attached hydrogens (primary N) is 1. The Kier molecular flexibility index (Phi) is 2.90. The minimum absolute atomic E-state index is 0.129. The molecule has 0 aliphatic rings. The topological polar surface area (TPSA) is 26.0 Å².